The highest BCUT2D eigenvalue weighted by Gasteiger charge is 2.66. The first-order chi connectivity index (χ1) is 46.9. The van der Waals surface area contributed by atoms with Crippen molar-refractivity contribution in [2.24, 2.45) is 11.8 Å². The number of ketones is 2. The van der Waals surface area contributed by atoms with Crippen LogP contribution in [0, 0.1) is 109 Å². The number of phenols is 2. The van der Waals surface area contributed by atoms with Gasteiger partial charge in [-0.15, -0.1) is 0 Å². The maximum Gasteiger partial charge on any atom is 0.302 e. The number of aliphatic hydroxyl groups is 4. The van der Waals surface area contributed by atoms with E-state index in [4.69, 9.17) is 45.2 Å². The Morgan fingerprint density at radius 1 is 0.524 bits per heavy atom. The Labute approximate surface area is 632 Å². The lowest BCUT2D eigenvalue weighted by atomic mass is 9.65. The highest BCUT2D eigenvalue weighted by molar-refractivity contribution is 6.92. The van der Waals surface area contributed by atoms with Gasteiger partial charge in [-0.2, -0.15) is 19.7 Å². The molecule has 0 amide bonds. The number of aromatic hydroxyl groups is 2. The summed E-state index contributed by atoms with van der Waals surface area (Å²) in [6.07, 6.45) is 1.12. The smallest absolute Gasteiger partial charge is 0.302 e. The van der Waals surface area contributed by atoms with E-state index in [2.05, 4.69) is 100 Å². The Morgan fingerprint density at radius 3 is 1.37 bits per heavy atom. The second-order valence-corrected chi connectivity index (χ2v) is 28.8. The molecule has 588 valence electrons. The summed E-state index contributed by atoms with van der Waals surface area (Å²) in [7, 11) is 11.3. The molecule has 4 heterocycles. The molecule has 6 aliphatic rings. The zero-order valence-corrected chi connectivity index (χ0v) is 66.9. The Bertz CT molecular complexity index is 3670. The molecule has 4 aliphatic heterocycles. The van der Waals surface area contributed by atoms with Crippen LogP contribution in [0.4, 0.5) is 0 Å². The van der Waals surface area contributed by atoms with Gasteiger partial charge >= 0.3 is 5.79 Å². The fraction of sp³-hybridized carbons (Fsp3) is 0.571. The number of methoxy groups -OCH3 is 5. The van der Waals surface area contributed by atoms with Crippen LogP contribution < -0.4 is 14.2 Å². The van der Waals surface area contributed by atoms with Crippen LogP contribution in [0.2, 0.25) is 0 Å². The van der Waals surface area contributed by atoms with Gasteiger partial charge in [0.05, 0.1) is 15.1 Å². The average Bonchev–Trinajstić information content (AvgIpc) is 1.70. The first-order valence-corrected chi connectivity index (χ1v) is 33.5. The van der Waals surface area contributed by atoms with Crippen LogP contribution in [-0.4, -0.2) is 140 Å². The summed E-state index contributed by atoms with van der Waals surface area (Å²) < 4.78 is 61.2. The maximum atomic E-state index is 12.2. The van der Waals surface area contributed by atoms with Crippen molar-refractivity contribution < 1.29 is 85.7 Å². The van der Waals surface area contributed by atoms with Gasteiger partial charge in [0.25, 0.3) is 5.79 Å². The van der Waals surface area contributed by atoms with E-state index in [0.717, 1.165) is 101 Å². The molecule has 19 heteroatoms. The lowest BCUT2D eigenvalue weighted by Crippen LogP contribution is -2.68. The van der Waals surface area contributed by atoms with Crippen molar-refractivity contribution in [3.05, 3.63) is 154 Å². The Kier molecular flexibility index (Phi) is 36.9. The van der Waals surface area contributed by atoms with Crippen molar-refractivity contribution in [1.29, 1.82) is 2.56 Å². The van der Waals surface area contributed by atoms with Gasteiger partial charge in [-0.05, 0) is 233 Å². The zero-order chi connectivity index (χ0) is 77.8. The van der Waals surface area contributed by atoms with E-state index in [1.165, 1.54) is 46.9 Å². The topological polar surface area (TPSA) is 239 Å². The van der Waals surface area contributed by atoms with Crippen LogP contribution >= 0.6 is 19.7 Å². The van der Waals surface area contributed by atoms with E-state index in [-0.39, 0.29) is 81.0 Å². The Morgan fingerprint density at radius 2 is 0.922 bits per heavy atom. The summed E-state index contributed by atoms with van der Waals surface area (Å²) in [6.45, 7) is 48.9. The molecule has 0 radical (unpaired) electrons. The van der Waals surface area contributed by atoms with Gasteiger partial charge in [-0.3, -0.25) is 9.59 Å². The molecular weight excluding hydrogens is 1340 g/mol. The van der Waals surface area contributed by atoms with E-state index >= 15 is 0 Å². The summed E-state index contributed by atoms with van der Waals surface area (Å²) in [4.78, 5) is 24.2. The molecule has 2 bridgehead atoms. The van der Waals surface area contributed by atoms with Gasteiger partial charge in [0.15, 0.2) is 23.4 Å². The number of carbonyl (C=O) groups excluding carboxylic acids is 2. The number of rotatable bonds is 6. The fourth-order valence-corrected chi connectivity index (χ4v) is 13.8. The highest BCUT2D eigenvalue weighted by atomic mass is 31.0. The van der Waals surface area contributed by atoms with Crippen molar-refractivity contribution in [3.63, 3.8) is 0 Å². The maximum absolute atomic E-state index is 12.2. The predicted molar refractivity (Wildman–Crippen MR) is 435 cm³/mol. The molecule has 17 nitrogen and oxygen atoms in total. The number of aryl methyl sites for hydroxylation is 10. The molecule has 0 aromatic heterocycles. The van der Waals surface area contributed by atoms with Crippen LogP contribution in [0.15, 0.2) is 59.7 Å². The standard InChI is InChI=1S/2C17H20O4.C17H18O3.C11H22O6.C10H14.2C4H10.4CH4.2H3P.2H2/c1-8-6-9(2)13-14-10(3)7-12(18)17(19,20)16(14,5)21-15(13)11(8)4;1-8-6-9(2)13-14-10(3)7-12(18)17(20,16(14,5)19)21-15(13)11(8)4;1-8-5-9(2)15-14-10(3)6-13(18)16(19)12(14)7-20-17(15)11(8)4;1-12-6-7-8(13-2)9(14-3)10(15-4)11(16-5)17-7;1-7-5-8(2)10(4)9(3)6-7;2*1-4(2)3;;;;;;;;/h2*6-7,14,19-20H,1-5H3;5-6,18-19H,7H2,1-4H3;7-11H,6H2,1-5H3;5-6H,1-4H3;2*4H,1-3H3;4*1H4;2*1H3;2*1H/t14-,16+;14-,16-,17-;;;;;;;;;;;;;/m11............./s1/i;;;;;;;;;;;2*1D;1+1;. The number of hydrogen-bond donors (Lipinski definition) is 6. The third-order valence-corrected chi connectivity index (χ3v) is 19.2. The number of carbonyl (C=O) groups is 2. The molecule has 6 N–H and O–H groups in total. The van der Waals surface area contributed by atoms with Gasteiger partial charge in [0, 0.05) is 66.6 Å². The van der Waals surface area contributed by atoms with Gasteiger partial charge < -0.3 is 73.3 Å². The summed E-state index contributed by atoms with van der Waals surface area (Å²) >= 11 is 0. The number of benzene rings is 5. The van der Waals surface area contributed by atoms with Crippen molar-refractivity contribution in [2.75, 3.05) is 42.2 Å². The largest absolute Gasteiger partial charge is 0.504 e. The van der Waals surface area contributed by atoms with Gasteiger partial charge in [0.2, 0.25) is 11.6 Å². The van der Waals surface area contributed by atoms with Crippen LogP contribution in [-0.2, 0) is 44.6 Å². The second kappa shape index (κ2) is 39.8. The lowest BCUT2D eigenvalue weighted by molar-refractivity contribution is -0.307. The molecule has 1 fully saturated rings. The number of ether oxygens (including phenoxy) is 9. The summed E-state index contributed by atoms with van der Waals surface area (Å²) in [5, 5.41) is 62.1. The Balaban J connectivity index is -0.000000596. The van der Waals surface area contributed by atoms with Crippen LogP contribution in [0.5, 0.6) is 28.7 Å². The molecule has 103 heavy (non-hydrogen) atoms. The minimum absolute atomic E-state index is 0. The van der Waals surface area contributed by atoms with Gasteiger partial charge in [-0.25, -0.2) is 0 Å². The molecule has 7 unspecified atom stereocenters. The van der Waals surface area contributed by atoms with Crippen molar-refractivity contribution in [3.8, 4) is 39.9 Å². The van der Waals surface area contributed by atoms with E-state index < -0.39 is 46.6 Å². The molecule has 0 spiro atoms. The minimum Gasteiger partial charge on any atom is -0.504 e. The summed E-state index contributed by atoms with van der Waals surface area (Å²) in [6, 6.07) is 12.3. The van der Waals surface area contributed by atoms with E-state index in [0.29, 0.717) is 23.7 Å². The average molecular weight is 1490 g/mol. The quantitative estimate of drug-likeness (QED) is 0.0526. The predicted octanol–water partition coefficient (Wildman–Crippen LogP) is 17.5. The fourth-order valence-electron chi connectivity index (χ4n) is 13.8. The summed E-state index contributed by atoms with van der Waals surface area (Å²) in [5.74, 6) is -3.28. The van der Waals surface area contributed by atoms with Gasteiger partial charge in [0.1, 0.15) is 53.9 Å². The molecule has 2 aliphatic carbocycles. The normalized spacial score (nSPS) is 23.6. The Hall–Kier alpha value is -5.62. The van der Waals surface area contributed by atoms with Crippen LogP contribution in [0.25, 0.3) is 11.1 Å². The molecule has 5 aromatic carbocycles. The monoisotopic (exact) mass is 1490 g/mol. The zero-order valence-electron chi connectivity index (χ0n) is 66.6. The molecule has 5 aromatic rings. The van der Waals surface area contributed by atoms with Crippen LogP contribution in [0.3, 0.4) is 0 Å². The van der Waals surface area contributed by atoms with E-state index in [1.54, 1.807) is 75.2 Å². The SMILES string of the molecule is C.C.C.C.CC(C)C.CC(C)C.CC1=CC(=O)C(O)(O)[C@@]2(C)Oc3c(C)c(C)cc(C)c3[C@@H]12.CC1=CC(=O)[C@@]2(O)Oc3c(C)c(C)cc(C)c3[C@@H]1[C@@]2(C)O.COCC1OC(OC)C(OC)C(OC)C1OC.Cc1cc(C)c(C)c(C)c1.Cc1cc(C)c2c(c1C)OCc1c(O)c(O)cc(C)c1-2.[2HH].[2H]P.[2H]P.[HH]. The minimum atomic E-state index is -2.52. The molecule has 0 saturated carbocycles. The van der Waals surface area contributed by atoms with Crippen molar-refractivity contribution >= 4 is 31.3 Å². The number of phenolic OH excluding ortho intramolecular Hbond substituents is 2. The second-order valence-electron chi connectivity index (χ2n) is 28.8. The van der Waals surface area contributed by atoms with Gasteiger partial charge in [-0.1, -0.05) is 118 Å². The third-order valence-electron chi connectivity index (χ3n) is 19.2. The van der Waals surface area contributed by atoms with E-state index in [1.807, 2.05) is 75.3 Å². The highest BCUT2D eigenvalue weighted by Crippen LogP contribution is 2.58. The number of fused-ring (bicyclic) bond motifs is 10. The molecule has 1 saturated heterocycles. The van der Waals surface area contributed by atoms with E-state index in [9.17, 15) is 40.2 Å². The van der Waals surface area contributed by atoms with Crippen LogP contribution in [0.1, 0.15) is 208 Å². The van der Waals surface area contributed by atoms with Crippen molar-refractivity contribution in [2.45, 2.75) is 268 Å². The first kappa shape index (κ1) is 95.4. The molecule has 12 atom stereocenters. The molecule has 11 rings (SSSR count). The number of hydrogen-bond acceptors (Lipinski definition) is 17. The molecular formula is C84H140O17P2. The third kappa shape index (κ3) is 20.2. The first-order valence-electron chi connectivity index (χ1n) is 34.6. The van der Waals surface area contributed by atoms with Crippen molar-refractivity contribution in [1.82, 2.24) is 0 Å². The summed E-state index contributed by atoms with van der Waals surface area (Å²) in [5.41, 5.74) is 18.9. The lowest BCUT2D eigenvalue weighted by Gasteiger charge is -2.51.